The van der Waals surface area contributed by atoms with Gasteiger partial charge in [0.1, 0.15) is 11.4 Å². The second-order valence-corrected chi connectivity index (χ2v) is 4.31. The molecule has 5 heteroatoms. The number of anilines is 1. The molecule has 0 fully saturated rings. The maximum absolute atomic E-state index is 11.6. The number of hydrogen-bond donors (Lipinski definition) is 1. The van der Waals surface area contributed by atoms with E-state index in [4.69, 9.17) is 16.3 Å². The Labute approximate surface area is 116 Å². The highest BCUT2D eigenvalue weighted by Gasteiger charge is 2.11. The zero-order valence-corrected chi connectivity index (χ0v) is 11.1. The lowest BCUT2D eigenvalue weighted by Gasteiger charge is -2.09. The third-order valence-corrected chi connectivity index (χ3v) is 2.84. The molecular formula is C14H13ClN2O2. The molecule has 0 saturated heterocycles. The van der Waals surface area contributed by atoms with E-state index in [0.29, 0.717) is 22.9 Å². The molecule has 1 N–H and O–H groups in total. The number of ether oxygens (including phenoxy) is 1. The van der Waals surface area contributed by atoms with E-state index in [1.54, 1.807) is 18.3 Å². The van der Waals surface area contributed by atoms with E-state index in [2.05, 4.69) is 10.3 Å². The average Bonchev–Trinajstić information content (AvgIpc) is 2.46. The first-order valence-corrected chi connectivity index (χ1v) is 6.10. The Hall–Kier alpha value is -2.07. The standard InChI is InChI=1S/C14H13ClN2O2/c1-19-14(18)12-3-2-8-16-13(12)17-9-10-4-6-11(15)7-5-10/h2-8H,9H2,1H3,(H,16,17). The molecule has 98 valence electrons. The molecule has 0 bridgehead atoms. The van der Waals surface area contributed by atoms with Gasteiger partial charge in [0.05, 0.1) is 7.11 Å². The van der Waals surface area contributed by atoms with Crippen molar-refractivity contribution in [3.8, 4) is 0 Å². The summed E-state index contributed by atoms with van der Waals surface area (Å²) in [5.41, 5.74) is 1.46. The zero-order valence-electron chi connectivity index (χ0n) is 10.4. The number of nitrogens with one attached hydrogen (secondary N) is 1. The lowest BCUT2D eigenvalue weighted by molar-refractivity contribution is 0.0601. The number of carbonyl (C=O) groups excluding carboxylic acids is 1. The minimum absolute atomic E-state index is 0.410. The molecule has 4 nitrogen and oxygen atoms in total. The summed E-state index contributed by atoms with van der Waals surface area (Å²) in [5.74, 6) is 0.0935. The second kappa shape index (κ2) is 6.20. The van der Waals surface area contributed by atoms with Gasteiger partial charge in [-0.2, -0.15) is 0 Å². The number of carbonyl (C=O) groups is 1. The Bertz CT molecular complexity index is 570. The fraction of sp³-hybridized carbons (Fsp3) is 0.143. The smallest absolute Gasteiger partial charge is 0.341 e. The molecule has 0 aliphatic rings. The van der Waals surface area contributed by atoms with Crippen molar-refractivity contribution in [3.05, 3.63) is 58.7 Å². The van der Waals surface area contributed by atoms with Crippen LogP contribution in [0.5, 0.6) is 0 Å². The van der Waals surface area contributed by atoms with Crippen LogP contribution in [0.4, 0.5) is 5.82 Å². The molecule has 2 aromatic rings. The van der Waals surface area contributed by atoms with Crippen molar-refractivity contribution in [2.45, 2.75) is 6.54 Å². The van der Waals surface area contributed by atoms with Gasteiger partial charge < -0.3 is 10.1 Å². The van der Waals surface area contributed by atoms with Crippen molar-refractivity contribution in [3.63, 3.8) is 0 Å². The van der Waals surface area contributed by atoms with Gasteiger partial charge in [-0.1, -0.05) is 23.7 Å². The highest BCUT2D eigenvalue weighted by molar-refractivity contribution is 6.30. The molecule has 1 heterocycles. The van der Waals surface area contributed by atoms with Crippen LogP contribution in [0.2, 0.25) is 5.02 Å². The van der Waals surface area contributed by atoms with Gasteiger partial charge in [0.15, 0.2) is 0 Å². The van der Waals surface area contributed by atoms with E-state index in [1.807, 2.05) is 24.3 Å². The van der Waals surface area contributed by atoms with E-state index >= 15 is 0 Å². The summed E-state index contributed by atoms with van der Waals surface area (Å²) < 4.78 is 4.71. The zero-order chi connectivity index (χ0) is 13.7. The van der Waals surface area contributed by atoms with Crippen molar-refractivity contribution in [1.29, 1.82) is 0 Å². The summed E-state index contributed by atoms with van der Waals surface area (Å²) in [6.07, 6.45) is 1.62. The molecule has 1 aromatic heterocycles. The Morgan fingerprint density at radius 1 is 1.32 bits per heavy atom. The lowest BCUT2D eigenvalue weighted by atomic mass is 10.2. The number of rotatable bonds is 4. The van der Waals surface area contributed by atoms with E-state index < -0.39 is 5.97 Å². The van der Waals surface area contributed by atoms with Crippen LogP contribution in [0.1, 0.15) is 15.9 Å². The first kappa shape index (κ1) is 13.4. The normalized spacial score (nSPS) is 10.0. The van der Waals surface area contributed by atoms with Crippen LogP contribution in [-0.2, 0) is 11.3 Å². The quantitative estimate of drug-likeness (QED) is 0.872. The number of esters is 1. The third-order valence-electron chi connectivity index (χ3n) is 2.59. The molecule has 1 aromatic carbocycles. The van der Waals surface area contributed by atoms with Crippen LogP contribution >= 0.6 is 11.6 Å². The van der Waals surface area contributed by atoms with Crippen LogP contribution in [0.15, 0.2) is 42.6 Å². The molecule has 0 amide bonds. The SMILES string of the molecule is COC(=O)c1cccnc1NCc1ccc(Cl)cc1. The van der Waals surface area contributed by atoms with Gasteiger partial charge in [-0.25, -0.2) is 9.78 Å². The summed E-state index contributed by atoms with van der Waals surface area (Å²) in [6, 6.07) is 10.8. The largest absolute Gasteiger partial charge is 0.465 e. The number of hydrogen-bond acceptors (Lipinski definition) is 4. The van der Waals surface area contributed by atoms with Gasteiger partial charge in [-0.05, 0) is 29.8 Å². The molecule has 19 heavy (non-hydrogen) atoms. The number of halogens is 1. The summed E-state index contributed by atoms with van der Waals surface area (Å²) in [4.78, 5) is 15.7. The molecule has 0 radical (unpaired) electrons. The van der Waals surface area contributed by atoms with Crippen LogP contribution in [0.25, 0.3) is 0 Å². The van der Waals surface area contributed by atoms with Gasteiger partial charge >= 0.3 is 5.97 Å². The van der Waals surface area contributed by atoms with Crippen LogP contribution in [-0.4, -0.2) is 18.1 Å². The van der Waals surface area contributed by atoms with E-state index in [-0.39, 0.29) is 0 Å². The Morgan fingerprint density at radius 3 is 2.74 bits per heavy atom. The van der Waals surface area contributed by atoms with Crippen LogP contribution < -0.4 is 5.32 Å². The van der Waals surface area contributed by atoms with Crippen LogP contribution in [0, 0.1) is 0 Å². The molecule has 0 saturated carbocycles. The summed E-state index contributed by atoms with van der Waals surface area (Å²) in [7, 11) is 1.35. The lowest BCUT2D eigenvalue weighted by Crippen LogP contribution is -2.09. The average molecular weight is 277 g/mol. The number of methoxy groups -OCH3 is 1. The molecule has 0 atom stereocenters. The fourth-order valence-corrected chi connectivity index (χ4v) is 1.73. The van der Waals surface area contributed by atoms with Gasteiger partial charge in [0.2, 0.25) is 0 Å². The molecular weight excluding hydrogens is 264 g/mol. The van der Waals surface area contributed by atoms with Gasteiger partial charge in [-0.3, -0.25) is 0 Å². The predicted molar refractivity (Wildman–Crippen MR) is 74.4 cm³/mol. The van der Waals surface area contributed by atoms with Crippen molar-refractivity contribution >= 4 is 23.4 Å². The summed E-state index contributed by atoms with van der Waals surface area (Å²) in [6.45, 7) is 0.554. The van der Waals surface area contributed by atoms with Crippen molar-refractivity contribution in [1.82, 2.24) is 4.98 Å². The predicted octanol–water partition coefficient (Wildman–Crippen LogP) is 3.13. The van der Waals surface area contributed by atoms with Crippen molar-refractivity contribution < 1.29 is 9.53 Å². The van der Waals surface area contributed by atoms with Crippen LogP contribution in [0.3, 0.4) is 0 Å². The Morgan fingerprint density at radius 2 is 2.05 bits per heavy atom. The number of nitrogens with zero attached hydrogens (tertiary/aromatic N) is 1. The highest BCUT2D eigenvalue weighted by atomic mass is 35.5. The summed E-state index contributed by atoms with van der Waals surface area (Å²) >= 11 is 5.82. The van der Waals surface area contributed by atoms with E-state index in [0.717, 1.165) is 5.56 Å². The topological polar surface area (TPSA) is 51.2 Å². The molecule has 0 aliphatic carbocycles. The number of benzene rings is 1. The maximum atomic E-state index is 11.6. The monoisotopic (exact) mass is 276 g/mol. The fourth-order valence-electron chi connectivity index (χ4n) is 1.61. The van der Waals surface area contributed by atoms with Crippen molar-refractivity contribution in [2.75, 3.05) is 12.4 Å². The second-order valence-electron chi connectivity index (χ2n) is 3.87. The molecule has 2 rings (SSSR count). The number of pyridine rings is 1. The Kier molecular flexibility index (Phi) is 4.36. The third kappa shape index (κ3) is 3.45. The molecule has 0 aliphatic heterocycles. The highest BCUT2D eigenvalue weighted by Crippen LogP contribution is 2.15. The van der Waals surface area contributed by atoms with E-state index in [1.165, 1.54) is 7.11 Å². The summed E-state index contributed by atoms with van der Waals surface area (Å²) in [5, 5.41) is 3.80. The molecule has 0 spiro atoms. The van der Waals surface area contributed by atoms with Gasteiger partial charge in [0.25, 0.3) is 0 Å². The number of aromatic nitrogens is 1. The maximum Gasteiger partial charge on any atom is 0.341 e. The molecule has 0 unspecified atom stereocenters. The minimum Gasteiger partial charge on any atom is -0.465 e. The minimum atomic E-state index is -0.410. The van der Waals surface area contributed by atoms with Crippen molar-refractivity contribution in [2.24, 2.45) is 0 Å². The first-order valence-electron chi connectivity index (χ1n) is 5.72. The van der Waals surface area contributed by atoms with Gasteiger partial charge in [0, 0.05) is 17.8 Å². The Balaban J connectivity index is 2.11. The first-order chi connectivity index (χ1) is 9.20. The van der Waals surface area contributed by atoms with E-state index in [9.17, 15) is 4.79 Å². The van der Waals surface area contributed by atoms with Gasteiger partial charge in [-0.15, -0.1) is 0 Å².